The normalized spacial score (nSPS) is 15.6. The van der Waals surface area contributed by atoms with Crippen molar-refractivity contribution in [1.82, 2.24) is 15.1 Å². The Kier molecular flexibility index (Phi) is 13.5. The summed E-state index contributed by atoms with van der Waals surface area (Å²) < 4.78 is 11.5. The predicted molar refractivity (Wildman–Crippen MR) is 196 cm³/mol. The van der Waals surface area contributed by atoms with Gasteiger partial charge in [0.2, 0.25) is 5.91 Å². The zero-order chi connectivity index (χ0) is 35.3. The summed E-state index contributed by atoms with van der Waals surface area (Å²) in [6, 6.07) is 20.0. The Hall–Kier alpha value is -4.12. The fourth-order valence-electron chi connectivity index (χ4n) is 7.07. The van der Waals surface area contributed by atoms with Crippen LogP contribution in [0.1, 0.15) is 67.7 Å². The van der Waals surface area contributed by atoms with Crippen molar-refractivity contribution in [2.45, 2.75) is 63.7 Å². The van der Waals surface area contributed by atoms with E-state index in [-0.39, 0.29) is 29.6 Å². The predicted octanol–water partition coefficient (Wildman–Crippen LogP) is 5.24. The van der Waals surface area contributed by atoms with Crippen molar-refractivity contribution in [1.29, 1.82) is 0 Å². The molecule has 0 aromatic heterocycles. The maximum absolute atomic E-state index is 13.1. The highest BCUT2D eigenvalue weighted by Crippen LogP contribution is 2.45. The first-order valence-corrected chi connectivity index (χ1v) is 18.2. The lowest BCUT2D eigenvalue weighted by Gasteiger charge is -2.42. The molecule has 0 spiro atoms. The number of unbranched alkanes of at least 4 members (excludes halogenated alkanes) is 1. The maximum Gasteiger partial charge on any atom is 0.262 e. The lowest BCUT2D eigenvalue weighted by Crippen LogP contribution is -2.41. The van der Waals surface area contributed by atoms with Crippen molar-refractivity contribution in [2.75, 3.05) is 71.5 Å². The zero-order valence-corrected chi connectivity index (χ0v) is 29.7. The largest absolute Gasteiger partial charge is 0.508 e. The van der Waals surface area contributed by atoms with Gasteiger partial charge >= 0.3 is 0 Å². The number of phenolic OH excluding ortho intramolecular Hbond substituents is 2. The summed E-state index contributed by atoms with van der Waals surface area (Å²) in [7, 11) is 2.16. The molecule has 2 aliphatic rings. The third-order valence-electron chi connectivity index (χ3n) is 10.1. The van der Waals surface area contributed by atoms with Gasteiger partial charge in [-0.2, -0.15) is 0 Å². The second-order valence-corrected chi connectivity index (χ2v) is 13.6. The molecular weight excluding hydrogens is 632 g/mol. The number of benzene rings is 3. The molecule has 2 aliphatic heterocycles. The van der Waals surface area contributed by atoms with Gasteiger partial charge in [0, 0.05) is 37.2 Å². The highest BCUT2D eigenvalue weighted by molar-refractivity contribution is 5.97. The van der Waals surface area contributed by atoms with E-state index in [1.165, 1.54) is 11.1 Å². The molecule has 0 atom stereocenters. The van der Waals surface area contributed by atoms with Crippen molar-refractivity contribution in [2.24, 2.45) is 0 Å². The van der Waals surface area contributed by atoms with E-state index in [4.69, 9.17) is 9.47 Å². The molecule has 50 heavy (non-hydrogen) atoms. The minimum absolute atomic E-state index is 0.00915. The molecule has 10 heteroatoms. The van der Waals surface area contributed by atoms with Gasteiger partial charge in [-0.1, -0.05) is 61.9 Å². The number of carbonyl (C=O) groups excluding carboxylic acids is 2. The summed E-state index contributed by atoms with van der Waals surface area (Å²) >= 11 is 0. The van der Waals surface area contributed by atoms with Gasteiger partial charge in [-0.15, -0.1) is 0 Å². The maximum atomic E-state index is 13.1. The molecule has 0 radical (unpaired) electrons. The Balaban J connectivity index is 1.04. The van der Waals surface area contributed by atoms with E-state index in [0.29, 0.717) is 62.9 Å². The molecule has 2 heterocycles. The number of ether oxygens (including phenoxy) is 2. The molecule has 0 bridgehead atoms. The summed E-state index contributed by atoms with van der Waals surface area (Å²) in [6.07, 6.45) is 6.58. The molecule has 0 saturated carbocycles. The number of phenols is 2. The van der Waals surface area contributed by atoms with Crippen LogP contribution in [0, 0.1) is 0 Å². The molecule has 4 N–H and O–H groups in total. The summed E-state index contributed by atoms with van der Waals surface area (Å²) in [5, 5.41) is 27.2. The van der Waals surface area contributed by atoms with E-state index >= 15 is 0 Å². The van der Waals surface area contributed by atoms with Crippen LogP contribution >= 0.6 is 0 Å². The molecule has 2 amide bonds. The first-order valence-electron chi connectivity index (χ1n) is 18.2. The number of likely N-dealkylation sites (tertiary alicyclic amines) is 1. The summed E-state index contributed by atoms with van der Waals surface area (Å²) in [5.74, 6) is 0.688. The second kappa shape index (κ2) is 18.2. The zero-order valence-electron chi connectivity index (χ0n) is 29.7. The number of hydrogen-bond acceptors (Lipinski definition) is 8. The number of aryl methyl sites for hydroxylation is 1. The van der Waals surface area contributed by atoms with Gasteiger partial charge in [0.05, 0.1) is 13.0 Å². The first-order chi connectivity index (χ1) is 24.3. The number of fused-ring (bicyclic) bond motifs is 1. The SMILES string of the molecule is CCCCN(CCNCCc1ccc(O)c2c1OCC(=O)N2)C(=O)CCOCCCc1ccc(O)c(C2(c3ccccc3)CCN(C)CC2)c1. The highest BCUT2D eigenvalue weighted by atomic mass is 16.5. The average molecular weight is 687 g/mol. The minimum atomic E-state index is -0.284. The lowest BCUT2D eigenvalue weighted by atomic mass is 9.67. The fraction of sp³-hybridized carbons (Fsp3) is 0.500. The fourth-order valence-corrected chi connectivity index (χ4v) is 7.07. The molecule has 0 aliphatic carbocycles. The number of aromatic hydroxyl groups is 2. The average Bonchev–Trinajstić information content (AvgIpc) is 3.13. The van der Waals surface area contributed by atoms with Gasteiger partial charge in [-0.3, -0.25) is 9.59 Å². The van der Waals surface area contributed by atoms with Gasteiger partial charge in [0.15, 0.2) is 12.4 Å². The number of nitrogens with one attached hydrogen (secondary N) is 2. The minimum Gasteiger partial charge on any atom is -0.508 e. The van der Waals surface area contributed by atoms with Crippen molar-refractivity contribution < 1.29 is 29.3 Å². The van der Waals surface area contributed by atoms with Crippen molar-refractivity contribution in [3.63, 3.8) is 0 Å². The van der Waals surface area contributed by atoms with E-state index in [0.717, 1.165) is 69.3 Å². The third kappa shape index (κ3) is 9.56. The molecule has 3 aromatic rings. The van der Waals surface area contributed by atoms with Gasteiger partial charge in [-0.05, 0) is 94.0 Å². The van der Waals surface area contributed by atoms with Gasteiger partial charge < -0.3 is 40.1 Å². The monoisotopic (exact) mass is 686 g/mol. The van der Waals surface area contributed by atoms with Crippen LogP contribution in [0.25, 0.3) is 0 Å². The number of nitrogens with zero attached hydrogens (tertiary/aromatic N) is 2. The van der Waals surface area contributed by atoms with Gasteiger partial charge in [0.1, 0.15) is 17.2 Å². The lowest BCUT2D eigenvalue weighted by molar-refractivity contribution is -0.132. The number of carbonyl (C=O) groups is 2. The van der Waals surface area contributed by atoms with E-state index in [9.17, 15) is 19.8 Å². The Morgan fingerprint density at radius 3 is 2.54 bits per heavy atom. The van der Waals surface area contributed by atoms with Crippen LogP contribution in [-0.2, 0) is 32.6 Å². The van der Waals surface area contributed by atoms with E-state index in [2.05, 4.69) is 59.8 Å². The smallest absolute Gasteiger partial charge is 0.262 e. The molecule has 1 fully saturated rings. The number of rotatable bonds is 18. The van der Waals surface area contributed by atoms with Crippen molar-refractivity contribution in [3.05, 3.63) is 82.9 Å². The van der Waals surface area contributed by atoms with E-state index < -0.39 is 0 Å². The Morgan fingerprint density at radius 2 is 1.76 bits per heavy atom. The van der Waals surface area contributed by atoms with E-state index in [1.54, 1.807) is 6.07 Å². The summed E-state index contributed by atoms with van der Waals surface area (Å²) in [5.41, 5.74) is 4.50. The molecular formula is C40H54N4O6. The number of anilines is 1. The first kappa shape index (κ1) is 37.1. The third-order valence-corrected chi connectivity index (χ3v) is 10.1. The number of hydrogen-bond donors (Lipinski definition) is 4. The Labute approximate surface area is 296 Å². The molecule has 3 aromatic carbocycles. The van der Waals surface area contributed by atoms with Gasteiger partial charge in [0.25, 0.3) is 5.91 Å². The topological polar surface area (TPSA) is 124 Å². The van der Waals surface area contributed by atoms with Crippen molar-refractivity contribution in [3.8, 4) is 17.2 Å². The molecule has 10 nitrogen and oxygen atoms in total. The van der Waals surface area contributed by atoms with Crippen LogP contribution in [0.3, 0.4) is 0 Å². The van der Waals surface area contributed by atoms with Crippen LogP contribution < -0.4 is 15.4 Å². The molecule has 0 unspecified atom stereocenters. The van der Waals surface area contributed by atoms with E-state index in [1.807, 2.05) is 29.2 Å². The summed E-state index contributed by atoms with van der Waals surface area (Å²) in [4.78, 5) is 29.1. The van der Waals surface area contributed by atoms with Crippen LogP contribution in [0.5, 0.6) is 17.2 Å². The molecule has 270 valence electrons. The second-order valence-electron chi connectivity index (χ2n) is 13.6. The van der Waals surface area contributed by atoms with Crippen LogP contribution in [0.2, 0.25) is 0 Å². The summed E-state index contributed by atoms with van der Waals surface area (Å²) in [6.45, 7) is 7.65. The Bertz CT molecular complexity index is 1560. The van der Waals surface area contributed by atoms with Gasteiger partial charge in [-0.25, -0.2) is 0 Å². The molecule has 1 saturated heterocycles. The van der Waals surface area contributed by atoms with Crippen LogP contribution in [0.15, 0.2) is 60.7 Å². The van der Waals surface area contributed by atoms with Crippen LogP contribution in [0.4, 0.5) is 5.69 Å². The number of piperidine rings is 1. The standard InChI is InChI=1S/C40H54N4O6/c1-3-4-22-44(25-21-41-20-16-31-13-15-35(46)38-39(31)50-29-36(47)42-38)37(48)17-27-49-26-8-9-30-12-14-34(45)33(28-30)40(18-23-43(2)24-19-40)32-10-6-5-7-11-32/h5-7,10-15,28,41,45-46H,3-4,8-9,16-27,29H2,1-2H3,(H,42,47). The van der Waals surface area contributed by atoms with Crippen LogP contribution in [-0.4, -0.2) is 98.0 Å². The quantitative estimate of drug-likeness (QED) is 0.106. The van der Waals surface area contributed by atoms with Crippen molar-refractivity contribution >= 4 is 17.5 Å². The number of amides is 2. The highest BCUT2D eigenvalue weighted by Gasteiger charge is 2.39. The molecule has 5 rings (SSSR count). The Morgan fingerprint density at radius 1 is 0.980 bits per heavy atom.